The van der Waals surface area contributed by atoms with Gasteiger partial charge in [-0.1, -0.05) is 0 Å². The van der Waals surface area contributed by atoms with Crippen LogP contribution in [0.15, 0.2) is 18.3 Å². The van der Waals surface area contributed by atoms with E-state index in [0.29, 0.717) is 5.75 Å². The van der Waals surface area contributed by atoms with E-state index < -0.39 is 22.7 Å². The van der Waals surface area contributed by atoms with Gasteiger partial charge >= 0.3 is 5.97 Å². The normalized spacial score (nSPS) is 13.7. The molecule has 0 aliphatic carbocycles. The van der Waals surface area contributed by atoms with Crippen LogP contribution in [0.3, 0.4) is 0 Å². The first-order valence-electron chi connectivity index (χ1n) is 5.21. The van der Waals surface area contributed by atoms with Gasteiger partial charge in [-0.3, -0.25) is 14.0 Å². The van der Waals surface area contributed by atoms with Crippen LogP contribution in [0.25, 0.3) is 0 Å². The predicted molar refractivity (Wildman–Crippen MR) is 67.1 cm³/mol. The van der Waals surface area contributed by atoms with E-state index >= 15 is 0 Å². The molecule has 7 heteroatoms. The van der Waals surface area contributed by atoms with Crippen molar-refractivity contribution in [2.24, 2.45) is 0 Å². The van der Waals surface area contributed by atoms with E-state index in [1.54, 1.807) is 6.92 Å². The summed E-state index contributed by atoms with van der Waals surface area (Å²) in [4.78, 5) is 26.5. The maximum atomic E-state index is 11.8. The zero-order valence-corrected chi connectivity index (χ0v) is 10.9. The summed E-state index contributed by atoms with van der Waals surface area (Å²) in [6.07, 6.45) is 2.89. The van der Waals surface area contributed by atoms with Crippen molar-refractivity contribution in [2.75, 3.05) is 12.0 Å². The fraction of sp³-hybridized carbons (Fsp3) is 0.364. The molecule has 2 unspecified atom stereocenters. The number of carbonyl (C=O) groups is 2. The number of aromatic carboxylic acids is 1. The number of nitrogens with one attached hydrogen (secondary N) is 1. The Morgan fingerprint density at radius 2 is 2.22 bits per heavy atom. The lowest BCUT2D eigenvalue weighted by atomic mass is 10.2. The highest BCUT2D eigenvalue weighted by Crippen LogP contribution is 2.05. The lowest BCUT2D eigenvalue weighted by Gasteiger charge is -2.12. The third-order valence-electron chi connectivity index (χ3n) is 2.12. The molecule has 2 N–H and O–H groups in total. The molecule has 0 aliphatic heterocycles. The SMILES string of the molecule is CC(CS(C)=O)NC(=O)c1ncccc1C(=O)O. The van der Waals surface area contributed by atoms with Crippen LogP contribution in [-0.4, -0.2) is 44.2 Å². The Bertz CT molecular complexity index is 490. The maximum Gasteiger partial charge on any atom is 0.338 e. The van der Waals surface area contributed by atoms with Crippen molar-refractivity contribution < 1.29 is 18.9 Å². The van der Waals surface area contributed by atoms with Crippen LogP contribution < -0.4 is 5.32 Å². The highest BCUT2D eigenvalue weighted by Gasteiger charge is 2.19. The minimum atomic E-state index is -1.21. The molecule has 1 rings (SSSR count). The topological polar surface area (TPSA) is 96.4 Å². The molecule has 0 saturated carbocycles. The fourth-order valence-corrected chi connectivity index (χ4v) is 2.23. The summed E-state index contributed by atoms with van der Waals surface area (Å²) in [7, 11) is -1.03. The van der Waals surface area contributed by atoms with E-state index in [9.17, 15) is 13.8 Å². The Kier molecular flexibility index (Phi) is 4.96. The summed E-state index contributed by atoms with van der Waals surface area (Å²) >= 11 is 0. The maximum absolute atomic E-state index is 11.8. The molecule has 0 bridgehead atoms. The van der Waals surface area contributed by atoms with Crippen molar-refractivity contribution >= 4 is 22.7 Å². The van der Waals surface area contributed by atoms with E-state index in [1.807, 2.05) is 0 Å². The lowest BCUT2D eigenvalue weighted by Crippen LogP contribution is -2.37. The van der Waals surface area contributed by atoms with Crippen molar-refractivity contribution in [1.82, 2.24) is 10.3 Å². The second kappa shape index (κ2) is 6.25. The number of aromatic nitrogens is 1. The first kappa shape index (κ1) is 14.3. The highest BCUT2D eigenvalue weighted by molar-refractivity contribution is 7.84. The largest absolute Gasteiger partial charge is 0.478 e. The molecule has 1 aromatic heterocycles. The van der Waals surface area contributed by atoms with Crippen molar-refractivity contribution in [3.8, 4) is 0 Å². The first-order valence-corrected chi connectivity index (χ1v) is 6.93. The van der Waals surface area contributed by atoms with Crippen LogP contribution in [0.2, 0.25) is 0 Å². The molecule has 6 nitrogen and oxygen atoms in total. The molecule has 1 aromatic rings. The average Bonchev–Trinajstić information content (AvgIpc) is 2.27. The Hall–Kier alpha value is -1.76. The molecular formula is C11H14N2O4S. The molecule has 1 heterocycles. The molecular weight excluding hydrogens is 256 g/mol. The number of hydrogen-bond donors (Lipinski definition) is 2. The van der Waals surface area contributed by atoms with Gasteiger partial charge in [0.15, 0.2) is 0 Å². The predicted octanol–water partition coefficient (Wildman–Crippen LogP) is 0.277. The molecule has 18 heavy (non-hydrogen) atoms. The van der Waals surface area contributed by atoms with Gasteiger partial charge in [0.1, 0.15) is 5.69 Å². The Balaban J connectivity index is 2.84. The fourth-order valence-electron chi connectivity index (χ4n) is 1.44. The van der Waals surface area contributed by atoms with Crippen molar-refractivity contribution in [3.05, 3.63) is 29.6 Å². The number of hydrogen-bond acceptors (Lipinski definition) is 4. The van der Waals surface area contributed by atoms with Crippen molar-refractivity contribution in [3.63, 3.8) is 0 Å². The quantitative estimate of drug-likeness (QED) is 0.801. The minimum Gasteiger partial charge on any atom is -0.478 e. The van der Waals surface area contributed by atoms with Crippen LogP contribution in [0, 0.1) is 0 Å². The van der Waals surface area contributed by atoms with E-state index in [2.05, 4.69) is 10.3 Å². The zero-order valence-electron chi connectivity index (χ0n) is 10.0. The molecule has 0 fully saturated rings. The van der Waals surface area contributed by atoms with Gasteiger partial charge in [-0.15, -0.1) is 0 Å². The van der Waals surface area contributed by atoms with Crippen LogP contribution >= 0.6 is 0 Å². The lowest BCUT2D eigenvalue weighted by molar-refractivity contribution is 0.0689. The summed E-state index contributed by atoms with van der Waals surface area (Å²) in [5.74, 6) is -1.48. The molecule has 1 amide bonds. The third-order valence-corrected chi connectivity index (χ3v) is 3.08. The van der Waals surface area contributed by atoms with E-state index in [-0.39, 0.29) is 17.3 Å². The molecule has 0 radical (unpaired) electrons. The van der Waals surface area contributed by atoms with Crippen LogP contribution in [0.4, 0.5) is 0 Å². The van der Waals surface area contributed by atoms with Gasteiger partial charge in [0.25, 0.3) is 5.91 Å². The van der Waals surface area contributed by atoms with E-state index in [4.69, 9.17) is 5.11 Å². The molecule has 0 aliphatic rings. The summed E-state index contributed by atoms with van der Waals surface area (Å²) in [5.41, 5.74) is -0.293. The monoisotopic (exact) mass is 270 g/mol. The van der Waals surface area contributed by atoms with Crippen LogP contribution in [-0.2, 0) is 10.8 Å². The number of amides is 1. The van der Waals surface area contributed by atoms with Gasteiger partial charge in [0, 0.05) is 35.0 Å². The van der Waals surface area contributed by atoms with Crippen molar-refractivity contribution in [2.45, 2.75) is 13.0 Å². The van der Waals surface area contributed by atoms with Gasteiger partial charge in [-0.05, 0) is 19.1 Å². The molecule has 2 atom stereocenters. The standard InChI is InChI=1S/C11H14N2O4S/c1-7(6-18(2)17)13-10(14)9-8(11(15)16)4-3-5-12-9/h3-5,7H,6H2,1-2H3,(H,13,14)(H,15,16). The number of carbonyl (C=O) groups excluding carboxylic acids is 1. The van der Waals surface area contributed by atoms with Crippen LogP contribution in [0.1, 0.15) is 27.8 Å². The third kappa shape index (κ3) is 3.92. The second-order valence-corrected chi connectivity index (χ2v) is 5.30. The Labute approximate surface area is 107 Å². The van der Waals surface area contributed by atoms with Crippen LogP contribution in [0.5, 0.6) is 0 Å². The Morgan fingerprint density at radius 1 is 1.56 bits per heavy atom. The van der Waals surface area contributed by atoms with E-state index in [1.165, 1.54) is 24.6 Å². The zero-order chi connectivity index (χ0) is 13.7. The summed E-state index contributed by atoms with van der Waals surface area (Å²) in [5, 5.41) is 11.5. The second-order valence-electron chi connectivity index (χ2n) is 3.82. The number of rotatable bonds is 5. The van der Waals surface area contributed by atoms with Gasteiger partial charge in [-0.2, -0.15) is 0 Å². The average molecular weight is 270 g/mol. The number of carboxylic acid groups (broad SMARTS) is 1. The Morgan fingerprint density at radius 3 is 2.78 bits per heavy atom. The summed E-state index contributed by atoms with van der Waals surface area (Å²) in [6.45, 7) is 1.70. The minimum absolute atomic E-state index is 0.140. The molecule has 0 aromatic carbocycles. The van der Waals surface area contributed by atoms with Crippen molar-refractivity contribution in [1.29, 1.82) is 0 Å². The van der Waals surface area contributed by atoms with Gasteiger partial charge in [0.2, 0.25) is 0 Å². The van der Waals surface area contributed by atoms with Gasteiger partial charge in [0.05, 0.1) is 5.56 Å². The molecule has 0 spiro atoms. The number of nitrogens with zero attached hydrogens (tertiary/aromatic N) is 1. The molecule has 0 saturated heterocycles. The van der Waals surface area contributed by atoms with Gasteiger partial charge < -0.3 is 10.4 Å². The summed E-state index contributed by atoms with van der Waals surface area (Å²) < 4.78 is 11.0. The number of carboxylic acids is 1. The first-order chi connectivity index (χ1) is 8.41. The number of pyridine rings is 1. The van der Waals surface area contributed by atoms with Gasteiger partial charge in [-0.25, -0.2) is 4.79 Å². The molecule has 98 valence electrons. The summed E-state index contributed by atoms with van der Waals surface area (Å²) in [6, 6.07) is 2.45. The van der Waals surface area contributed by atoms with E-state index in [0.717, 1.165) is 0 Å². The highest BCUT2D eigenvalue weighted by atomic mass is 32.2. The smallest absolute Gasteiger partial charge is 0.338 e.